The molecule has 0 heterocycles. The van der Waals surface area contributed by atoms with Gasteiger partial charge in [0.05, 0.1) is 14.4 Å². The van der Waals surface area contributed by atoms with Crippen molar-refractivity contribution < 1.29 is 163 Å². The quantitative estimate of drug-likeness (QED) is 0.182. The molecule has 0 aliphatic heterocycles. The minimum absolute atomic E-state index is 0. The fraction of sp³-hybridized carbons (Fsp3) is 0.833. The van der Waals surface area contributed by atoms with Gasteiger partial charge >= 0.3 is 103 Å². The Kier molecular flexibility index (Phi) is 35.5. The van der Waals surface area contributed by atoms with Crippen molar-refractivity contribution in [3.63, 3.8) is 0 Å². The molecule has 120 valence electrons. The van der Waals surface area contributed by atoms with E-state index in [0.29, 0.717) is 0 Å². The van der Waals surface area contributed by atoms with E-state index in [-0.39, 0.29) is 125 Å². The summed E-state index contributed by atoms with van der Waals surface area (Å²) in [7, 11) is -5.30. The first-order chi connectivity index (χ1) is 7.19. The summed E-state index contributed by atoms with van der Waals surface area (Å²) < 4.78 is 13.6. The third-order valence-corrected chi connectivity index (χ3v) is 2.10. The molecule has 0 aromatic rings. The van der Waals surface area contributed by atoms with Crippen LogP contribution in [0, 0.1) is 0 Å². The zero-order valence-corrected chi connectivity index (χ0v) is 18.5. The number of aliphatic hydroxyl groups is 4. The SMILES string of the molecule is O.O.O.O=CC(O)C(O)C(O)C(O)COP(=O)([O-])[O-].[K+].[K+]. The molecule has 0 saturated carbocycles. The van der Waals surface area contributed by atoms with Crippen molar-refractivity contribution in [1.82, 2.24) is 0 Å². The number of carbonyl (C=O) groups is 1. The molecule has 0 amide bonds. The maximum atomic E-state index is 10.0. The van der Waals surface area contributed by atoms with Crippen molar-refractivity contribution >= 4 is 14.1 Å². The number of aliphatic hydroxyl groups excluding tert-OH is 4. The molecular formula is C6H17K2O12P. The molecule has 0 fully saturated rings. The standard InChI is InChI=1S/C6H13O9P.2K.3H2O/c7-1-3(8)5(10)6(11)4(9)2-15-16(12,13)14;;;;;/h1,3-6,8-11H,2H2,(H2,12,13,14);;;3*1H2/q;2*+1;;;/p-2. The van der Waals surface area contributed by atoms with Crippen LogP contribution in [0.5, 0.6) is 0 Å². The number of hydrogen-bond acceptors (Lipinski definition) is 9. The fourth-order valence-electron chi connectivity index (χ4n) is 0.776. The Bertz CT molecular complexity index is 274. The van der Waals surface area contributed by atoms with Crippen LogP contribution in [-0.4, -0.2) is 74.2 Å². The van der Waals surface area contributed by atoms with Gasteiger partial charge in [0.2, 0.25) is 0 Å². The Morgan fingerprint density at radius 3 is 1.67 bits per heavy atom. The van der Waals surface area contributed by atoms with E-state index >= 15 is 0 Å². The van der Waals surface area contributed by atoms with Crippen LogP contribution in [0.2, 0.25) is 0 Å². The maximum Gasteiger partial charge on any atom is 1.00 e. The molecule has 10 N–H and O–H groups in total. The number of phosphoric ester groups is 1. The average molecular weight is 390 g/mol. The van der Waals surface area contributed by atoms with Gasteiger partial charge in [-0.05, 0) is 0 Å². The zero-order chi connectivity index (χ0) is 12.9. The van der Waals surface area contributed by atoms with Gasteiger partial charge in [0, 0.05) is 0 Å². The topological polar surface area (TPSA) is 265 Å². The summed E-state index contributed by atoms with van der Waals surface area (Å²) in [6.45, 7) is -1.09. The molecule has 0 bridgehead atoms. The van der Waals surface area contributed by atoms with Crippen molar-refractivity contribution in [2.75, 3.05) is 6.61 Å². The first-order valence-electron chi connectivity index (χ1n) is 4.03. The first-order valence-corrected chi connectivity index (χ1v) is 5.49. The van der Waals surface area contributed by atoms with E-state index in [0.717, 1.165) is 0 Å². The van der Waals surface area contributed by atoms with Crippen molar-refractivity contribution in [3.05, 3.63) is 0 Å². The summed E-state index contributed by atoms with van der Waals surface area (Å²) in [5.74, 6) is 0. The molecule has 0 rings (SSSR count). The third-order valence-electron chi connectivity index (χ3n) is 1.64. The van der Waals surface area contributed by atoms with Gasteiger partial charge in [-0.3, -0.25) is 0 Å². The van der Waals surface area contributed by atoms with Crippen LogP contribution in [0.1, 0.15) is 0 Å². The van der Waals surface area contributed by atoms with Crippen molar-refractivity contribution in [1.29, 1.82) is 0 Å². The molecular weight excluding hydrogens is 373 g/mol. The molecule has 0 saturated heterocycles. The van der Waals surface area contributed by atoms with Crippen LogP contribution in [0.4, 0.5) is 0 Å². The minimum atomic E-state index is -5.30. The summed E-state index contributed by atoms with van der Waals surface area (Å²) in [5, 5.41) is 35.9. The molecule has 0 spiro atoms. The second-order valence-electron chi connectivity index (χ2n) is 2.92. The predicted octanol–water partition coefficient (Wildman–Crippen LogP) is -13.0. The fourth-order valence-corrected chi connectivity index (χ4v) is 1.11. The summed E-state index contributed by atoms with van der Waals surface area (Å²) in [4.78, 5) is 30.0. The van der Waals surface area contributed by atoms with Crippen LogP contribution in [0.3, 0.4) is 0 Å². The molecule has 0 aliphatic carbocycles. The van der Waals surface area contributed by atoms with E-state index in [1.807, 2.05) is 0 Å². The van der Waals surface area contributed by atoms with Gasteiger partial charge in [0.1, 0.15) is 24.4 Å². The van der Waals surface area contributed by atoms with Gasteiger partial charge in [-0.15, -0.1) is 0 Å². The van der Waals surface area contributed by atoms with E-state index in [1.54, 1.807) is 0 Å². The Hall–Kier alpha value is 2.77. The Morgan fingerprint density at radius 2 is 1.38 bits per heavy atom. The summed E-state index contributed by atoms with van der Waals surface area (Å²) in [5.41, 5.74) is 0. The zero-order valence-electron chi connectivity index (χ0n) is 11.4. The monoisotopic (exact) mass is 390 g/mol. The van der Waals surface area contributed by atoms with Crippen LogP contribution in [0.25, 0.3) is 0 Å². The van der Waals surface area contributed by atoms with Crippen LogP contribution in [0.15, 0.2) is 0 Å². The summed E-state index contributed by atoms with van der Waals surface area (Å²) >= 11 is 0. The molecule has 12 nitrogen and oxygen atoms in total. The van der Waals surface area contributed by atoms with E-state index in [2.05, 4.69) is 4.52 Å². The van der Waals surface area contributed by atoms with Crippen LogP contribution < -0.4 is 113 Å². The number of aldehydes is 1. The van der Waals surface area contributed by atoms with E-state index < -0.39 is 38.8 Å². The molecule has 0 aliphatic rings. The molecule has 0 radical (unpaired) electrons. The summed E-state index contributed by atoms with van der Waals surface area (Å²) in [6.07, 6.45) is -8.04. The Morgan fingerprint density at radius 1 is 1.00 bits per heavy atom. The summed E-state index contributed by atoms with van der Waals surface area (Å²) in [6, 6.07) is 0. The second-order valence-corrected chi connectivity index (χ2v) is 4.07. The van der Waals surface area contributed by atoms with Gasteiger partial charge < -0.3 is 60.5 Å². The first kappa shape index (κ1) is 39.0. The molecule has 4 unspecified atom stereocenters. The van der Waals surface area contributed by atoms with Crippen molar-refractivity contribution in [3.8, 4) is 0 Å². The number of carbonyl (C=O) groups excluding carboxylic acids is 1. The molecule has 4 atom stereocenters. The van der Waals surface area contributed by atoms with Gasteiger partial charge in [-0.2, -0.15) is 0 Å². The van der Waals surface area contributed by atoms with Gasteiger partial charge in [0.15, 0.2) is 6.29 Å². The van der Waals surface area contributed by atoms with Gasteiger partial charge in [-0.1, -0.05) is 0 Å². The van der Waals surface area contributed by atoms with E-state index in [4.69, 9.17) is 20.4 Å². The molecule has 0 aromatic carbocycles. The average Bonchev–Trinajstić information content (AvgIpc) is 2.21. The normalized spacial score (nSPS) is 15.1. The second kappa shape index (κ2) is 19.1. The van der Waals surface area contributed by atoms with E-state index in [1.165, 1.54) is 0 Å². The van der Waals surface area contributed by atoms with Crippen LogP contribution >= 0.6 is 7.82 Å². The molecule has 15 heteroatoms. The number of rotatable bonds is 7. The largest absolute Gasteiger partial charge is 1.00 e. The molecule has 21 heavy (non-hydrogen) atoms. The predicted molar refractivity (Wildman–Crippen MR) is 54.5 cm³/mol. The van der Waals surface area contributed by atoms with E-state index in [9.17, 15) is 19.1 Å². The Labute approximate surface area is 204 Å². The number of hydrogen-bond donors (Lipinski definition) is 4. The van der Waals surface area contributed by atoms with Gasteiger partial charge in [-0.25, -0.2) is 0 Å². The third kappa shape index (κ3) is 18.9. The maximum absolute atomic E-state index is 10.0. The Balaban J connectivity index is -0.000000112. The smallest absolute Gasteiger partial charge is 0.790 e. The minimum Gasteiger partial charge on any atom is -0.790 e. The van der Waals surface area contributed by atoms with Crippen molar-refractivity contribution in [2.45, 2.75) is 24.4 Å². The molecule has 0 aromatic heterocycles. The number of phosphoric acid groups is 1. The van der Waals surface area contributed by atoms with Gasteiger partial charge in [0.25, 0.3) is 0 Å². The van der Waals surface area contributed by atoms with Crippen molar-refractivity contribution in [2.24, 2.45) is 0 Å². The van der Waals surface area contributed by atoms with Crippen LogP contribution in [-0.2, 0) is 13.9 Å².